The third kappa shape index (κ3) is 4.17. The minimum atomic E-state index is -1.38. The van der Waals surface area contributed by atoms with Gasteiger partial charge in [0.05, 0.1) is 17.4 Å². The Balaban J connectivity index is 1.40. The lowest BCUT2D eigenvalue weighted by atomic mass is 9.46. The molecule has 8 nitrogen and oxygen atoms in total. The highest BCUT2D eigenvalue weighted by atomic mass is 16.6. The van der Waals surface area contributed by atoms with Crippen LogP contribution in [0.25, 0.3) is 0 Å². The first kappa shape index (κ1) is 25.2. The summed E-state index contributed by atoms with van der Waals surface area (Å²) in [5.41, 5.74) is 1.83. The van der Waals surface area contributed by atoms with E-state index in [0.717, 1.165) is 57.1 Å². The molecule has 4 rings (SSSR count). The summed E-state index contributed by atoms with van der Waals surface area (Å²) in [6.45, 7) is 7.67. The van der Waals surface area contributed by atoms with Crippen molar-refractivity contribution in [3.8, 4) is 0 Å². The topological polar surface area (TPSA) is 128 Å². The van der Waals surface area contributed by atoms with E-state index in [2.05, 4.69) is 30.4 Å². The molecule has 0 unspecified atom stereocenters. The highest BCUT2D eigenvalue weighted by molar-refractivity contribution is 5.96. The van der Waals surface area contributed by atoms with Gasteiger partial charge in [0, 0.05) is 0 Å². The molecular formula is C26H40N2O6. The van der Waals surface area contributed by atoms with Crippen molar-refractivity contribution in [3.05, 3.63) is 11.6 Å². The lowest BCUT2D eigenvalue weighted by Crippen LogP contribution is -2.53. The summed E-state index contributed by atoms with van der Waals surface area (Å²) in [5.74, 6) is -0.0617. The van der Waals surface area contributed by atoms with Gasteiger partial charge < -0.3 is 25.5 Å². The number of carbonyl (C=O) groups is 2. The molecule has 4 aliphatic rings. The summed E-state index contributed by atoms with van der Waals surface area (Å²) < 4.78 is 0. The van der Waals surface area contributed by atoms with Gasteiger partial charge in [0.25, 0.3) is 5.91 Å². The van der Waals surface area contributed by atoms with Gasteiger partial charge in [-0.15, -0.1) is 0 Å². The van der Waals surface area contributed by atoms with E-state index in [9.17, 15) is 19.8 Å². The standard InChI is InChI=1S/C26H40N2O6/c1-15(29)22(23(31)32)27-21(30)14-34-28-17-7-10-24(2)16(13-17)5-6-18-19(24)8-11-25(3)20(18)9-12-26(25,4)33/h13,15,18-20,22,29,33H,5-12,14H2,1-4H3,(H,27,30)(H,31,32)/t15-,18-,19+,20+,22+,24+,25+,26+/m1/s1. The van der Waals surface area contributed by atoms with Crippen molar-refractivity contribution >= 4 is 17.6 Å². The molecule has 0 saturated heterocycles. The first-order valence-corrected chi connectivity index (χ1v) is 12.7. The Kier molecular flexibility index (Phi) is 6.62. The minimum Gasteiger partial charge on any atom is -0.480 e. The third-order valence-electron chi connectivity index (χ3n) is 9.98. The van der Waals surface area contributed by atoms with Gasteiger partial charge in [0.2, 0.25) is 0 Å². The number of oxime groups is 1. The zero-order valence-corrected chi connectivity index (χ0v) is 20.8. The van der Waals surface area contributed by atoms with Crippen LogP contribution in [-0.2, 0) is 14.4 Å². The molecule has 3 saturated carbocycles. The summed E-state index contributed by atoms with van der Waals surface area (Å²) >= 11 is 0. The molecule has 4 aliphatic carbocycles. The molecular weight excluding hydrogens is 436 g/mol. The zero-order chi connectivity index (χ0) is 24.9. The molecule has 190 valence electrons. The van der Waals surface area contributed by atoms with Crippen molar-refractivity contribution < 1.29 is 29.7 Å². The molecule has 0 aromatic carbocycles. The van der Waals surface area contributed by atoms with Crippen molar-refractivity contribution in [2.45, 2.75) is 96.8 Å². The van der Waals surface area contributed by atoms with Gasteiger partial charge >= 0.3 is 5.97 Å². The molecule has 0 aromatic heterocycles. The summed E-state index contributed by atoms with van der Waals surface area (Å²) in [5, 5.41) is 36.0. The fourth-order valence-corrected chi connectivity index (χ4v) is 7.66. The largest absolute Gasteiger partial charge is 0.480 e. The highest BCUT2D eigenvalue weighted by Gasteiger charge is 2.62. The molecule has 0 heterocycles. The van der Waals surface area contributed by atoms with Crippen LogP contribution in [-0.4, -0.2) is 57.3 Å². The number of allylic oxidation sites excluding steroid dienone is 2. The van der Waals surface area contributed by atoms with E-state index in [4.69, 9.17) is 9.94 Å². The number of nitrogens with zero attached hydrogens (tertiary/aromatic N) is 1. The monoisotopic (exact) mass is 476 g/mol. The number of hydrogen-bond acceptors (Lipinski definition) is 6. The van der Waals surface area contributed by atoms with Crippen molar-refractivity contribution in [2.75, 3.05) is 6.61 Å². The normalized spacial score (nSPS) is 42.0. The number of hydrogen-bond donors (Lipinski definition) is 4. The smallest absolute Gasteiger partial charge is 0.328 e. The summed E-state index contributed by atoms with van der Waals surface area (Å²) in [6, 6.07) is -1.38. The summed E-state index contributed by atoms with van der Waals surface area (Å²) in [4.78, 5) is 28.3. The minimum absolute atomic E-state index is 0.0227. The molecule has 8 heteroatoms. The van der Waals surface area contributed by atoms with E-state index in [1.54, 1.807) is 0 Å². The number of carbonyl (C=O) groups excluding carboxylic acids is 1. The number of aliphatic carboxylic acids is 1. The van der Waals surface area contributed by atoms with Gasteiger partial charge in [-0.2, -0.15) is 0 Å². The predicted octanol–water partition coefficient (Wildman–Crippen LogP) is 3.02. The number of carboxylic acid groups (broad SMARTS) is 1. The Morgan fingerprint density at radius 3 is 2.53 bits per heavy atom. The van der Waals surface area contributed by atoms with E-state index >= 15 is 0 Å². The Morgan fingerprint density at radius 1 is 1.15 bits per heavy atom. The lowest BCUT2D eigenvalue weighted by Gasteiger charge is -2.59. The average Bonchev–Trinajstić information content (AvgIpc) is 3.00. The molecule has 0 bridgehead atoms. The fraction of sp³-hybridized carbons (Fsp3) is 0.808. The fourth-order valence-electron chi connectivity index (χ4n) is 7.66. The van der Waals surface area contributed by atoms with E-state index in [1.807, 2.05) is 6.92 Å². The molecule has 0 aliphatic heterocycles. The molecule has 0 aromatic rings. The van der Waals surface area contributed by atoms with Crippen LogP contribution in [0.2, 0.25) is 0 Å². The summed E-state index contributed by atoms with van der Waals surface area (Å²) in [6.07, 6.45) is 9.14. The first-order chi connectivity index (χ1) is 15.9. The van der Waals surface area contributed by atoms with Crippen molar-refractivity contribution in [2.24, 2.45) is 33.7 Å². The maximum absolute atomic E-state index is 12.0. The van der Waals surface area contributed by atoms with E-state index in [-0.39, 0.29) is 10.8 Å². The Labute approximate surface area is 201 Å². The van der Waals surface area contributed by atoms with Crippen LogP contribution >= 0.6 is 0 Å². The van der Waals surface area contributed by atoms with Gasteiger partial charge in [-0.25, -0.2) is 4.79 Å². The van der Waals surface area contributed by atoms with Gasteiger partial charge in [-0.3, -0.25) is 4.79 Å². The zero-order valence-electron chi connectivity index (χ0n) is 20.8. The quantitative estimate of drug-likeness (QED) is 0.436. The van der Waals surface area contributed by atoms with Crippen LogP contribution in [0.1, 0.15) is 79.1 Å². The molecule has 0 spiro atoms. The Morgan fingerprint density at radius 2 is 1.85 bits per heavy atom. The van der Waals surface area contributed by atoms with Gasteiger partial charge in [0.15, 0.2) is 12.6 Å². The number of rotatable bonds is 6. The number of aliphatic hydroxyl groups excluding tert-OH is 1. The molecule has 4 N–H and O–H groups in total. The second-order valence-corrected chi connectivity index (χ2v) is 11.8. The van der Waals surface area contributed by atoms with E-state index in [0.29, 0.717) is 17.8 Å². The maximum atomic E-state index is 12.0. The van der Waals surface area contributed by atoms with Gasteiger partial charge in [-0.05, 0) is 99.9 Å². The number of nitrogens with one attached hydrogen (secondary N) is 1. The van der Waals surface area contributed by atoms with Crippen molar-refractivity contribution in [1.82, 2.24) is 5.32 Å². The van der Waals surface area contributed by atoms with Crippen molar-refractivity contribution in [1.29, 1.82) is 0 Å². The Hall–Kier alpha value is -1.93. The molecule has 34 heavy (non-hydrogen) atoms. The second-order valence-electron chi connectivity index (χ2n) is 11.8. The van der Waals surface area contributed by atoms with Gasteiger partial charge in [0.1, 0.15) is 0 Å². The Bertz CT molecular complexity index is 896. The highest BCUT2D eigenvalue weighted by Crippen LogP contribution is 2.67. The summed E-state index contributed by atoms with van der Waals surface area (Å²) in [7, 11) is 0. The average molecular weight is 477 g/mol. The number of fused-ring (bicyclic) bond motifs is 5. The third-order valence-corrected chi connectivity index (χ3v) is 9.98. The second kappa shape index (κ2) is 8.94. The maximum Gasteiger partial charge on any atom is 0.328 e. The SMILES string of the molecule is C[C@@H](O)[C@H](NC(=O)CON=C1C=C2CC[C@@H]3[C@H](CC[C@@]4(C)[C@H]3CC[C@]4(C)O)[C@@]2(C)CC1)C(=O)O. The van der Waals surface area contributed by atoms with Crippen molar-refractivity contribution in [3.63, 3.8) is 0 Å². The van der Waals surface area contributed by atoms with Crippen LogP contribution in [0.4, 0.5) is 0 Å². The van der Waals surface area contributed by atoms with Crippen LogP contribution in [0.3, 0.4) is 0 Å². The van der Waals surface area contributed by atoms with Crippen LogP contribution in [0, 0.1) is 28.6 Å². The van der Waals surface area contributed by atoms with E-state index < -0.39 is 36.2 Å². The number of amides is 1. The van der Waals surface area contributed by atoms with E-state index in [1.165, 1.54) is 12.5 Å². The molecule has 1 amide bonds. The molecule has 3 fully saturated rings. The predicted molar refractivity (Wildman–Crippen MR) is 127 cm³/mol. The van der Waals surface area contributed by atoms with Crippen LogP contribution in [0.5, 0.6) is 0 Å². The molecule has 8 atom stereocenters. The van der Waals surface area contributed by atoms with Gasteiger partial charge in [-0.1, -0.05) is 24.6 Å². The van der Waals surface area contributed by atoms with Crippen LogP contribution in [0.15, 0.2) is 16.8 Å². The number of aliphatic hydroxyl groups is 2. The first-order valence-electron chi connectivity index (χ1n) is 12.7. The van der Waals surface area contributed by atoms with Crippen LogP contribution < -0.4 is 5.32 Å². The molecule has 0 radical (unpaired) electrons. The number of carboxylic acids is 1. The lowest BCUT2D eigenvalue weighted by molar-refractivity contribution is -0.145.